The third-order valence-corrected chi connectivity index (χ3v) is 7.99. The van der Waals surface area contributed by atoms with Gasteiger partial charge in [0.1, 0.15) is 0 Å². The molecule has 3 nitrogen and oxygen atoms in total. The van der Waals surface area contributed by atoms with Crippen LogP contribution < -0.4 is 0 Å². The summed E-state index contributed by atoms with van der Waals surface area (Å²) in [6.07, 6.45) is 16.1. The lowest BCUT2D eigenvalue weighted by molar-refractivity contribution is -0.147. The van der Waals surface area contributed by atoms with Crippen LogP contribution in [-0.2, 0) is 14.3 Å². The van der Waals surface area contributed by atoms with Crippen molar-refractivity contribution in [3.63, 3.8) is 0 Å². The van der Waals surface area contributed by atoms with E-state index in [1.807, 2.05) is 0 Å². The van der Waals surface area contributed by atoms with E-state index in [4.69, 9.17) is 9.47 Å². The predicted molar refractivity (Wildman–Crippen MR) is 112 cm³/mol. The second kappa shape index (κ2) is 13.5. The first kappa shape index (κ1) is 23.4. The number of hydrogen-bond donors (Lipinski definition) is 0. The Hall–Kier alpha value is 0.390. The Morgan fingerprint density at radius 3 is 1.92 bits per heavy atom. The summed E-state index contributed by atoms with van der Waals surface area (Å²) in [5, 5.41) is 0. The molecule has 148 valence electrons. The van der Waals surface area contributed by atoms with Crippen LogP contribution in [0.5, 0.6) is 0 Å². The molecular weight excluding hydrogens is 448 g/mol. The smallest absolute Gasteiger partial charge is 0.340 e. The second-order valence-corrected chi connectivity index (χ2v) is 9.67. The highest BCUT2D eigenvalue weighted by molar-refractivity contribution is 9.12. The monoisotopic (exact) mass is 482 g/mol. The molecule has 0 aromatic heterocycles. The normalized spacial score (nSPS) is 21.8. The Balaban J connectivity index is 1.94. The number of carbonyl (C=O) groups is 1. The fraction of sp³-hybridized carbons (Fsp3) is 0.950. The largest absolute Gasteiger partial charge is 0.467 e. The molecule has 0 spiro atoms. The van der Waals surface area contributed by atoms with Gasteiger partial charge in [-0.15, -0.1) is 0 Å². The van der Waals surface area contributed by atoms with Crippen molar-refractivity contribution in [1.29, 1.82) is 0 Å². The van der Waals surface area contributed by atoms with E-state index in [9.17, 15) is 4.79 Å². The summed E-state index contributed by atoms with van der Waals surface area (Å²) in [7, 11) is 1.44. The third kappa shape index (κ3) is 9.76. The number of epoxide rings is 1. The molecule has 3 atom stereocenters. The maximum absolute atomic E-state index is 11.6. The molecule has 25 heavy (non-hydrogen) atoms. The zero-order valence-electron chi connectivity index (χ0n) is 16.0. The minimum Gasteiger partial charge on any atom is -0.467 e. The van der Waals surface area contributed by atoms with Gasteiger partial charge in [-0.05, 0) is 25.7 Å². The maximum atomic E-state index is 11.6. The third-order valence-electron chi connectivity index (χ3n) is 5.09. The van der Waals surface area contributed by atoms with Gasteiger partial charge in [0, 0.05) is 9.65 Å². The average Bonchev–Trinajstić information content (AvgIpc) is 3.40. The van der Waals surface area contributed by atoms with Gasteiger partial charge in [0.15, 0.2) is 5.60 Å². The molecule has 0 radical (unpaired) electrons. The number of halogens is 2. The quantitative estimate of drug-likeness (QED) is 0.108. The first-order chi connectivity index (χ1) is 12.1. The zero-order valence-corrected chi connectivity index (χ0v) is 19.2. The van der Waals surface area contributed by atoms with Crippen LogP contribution in [0.3, 0.4) is 0 Å². The summed E-state index contributed by atoms with van der Waals surface area (Å²) < 4.78 is 10.1. The Morgan fingerprint density at radius 2 is 1.44 bits per heavy atom. The van der Waals surface area contributed by atoms with E-state index in [1.54, 1.807) is 0 Å². The van der Waals surface area contributed by atoms with E-state index in [-0.39, 0.29) is 5.97 Å². The highest BCUT2D eigenvalue weighted by Crippen LogP contribution is 2.34. The van der Waals surface area contributed by atoms with Crippen LogP contribution in [0.2, 0.25) is 0 Å². The number of carbonyl (C=O) groups excluding carboxylic acids is 1. The van der Waals surface area contributed by atoms with E-state index in [0.29, 0.717) is 16.3 Å². The molecule has 5 heteroatoms. The molecule has 3 unspecified atom stereocenters. The minimum absolute atomic E-state index is 0.201. The highest BCUT2D eigenvalue weighted by Gasteiger charge is 2.52. The van der Waals surface area contributed by atoms with Crippen molar-refractivity contribution >= 4 is 37.8 Å². The predicted octanol–water partition coefficient (Wildman–Crippen LogP) is 6.55. The zero-order chi connectivity index (χ0) is 18.5. The van der Waals surface area contributed by atoms with Crippen LogP contribution in [0, 0.1) is 0 Å². The lowest BCUT2D eigenvalue weighted by Gasteiger charge is -2.16. The van der Waals surface area contributed by atoms with Crippen molar-refractivity contribution < 1.29 is 14.3 Å². The van der Waals surface area contributed by atoms with Gasteiger partial charge in [0.2, 0.25) is 0 Å². The van der Waals surface area contributed by atoms with Crippen molar-refractivity contribution in [2.75, 3.05) is 13.7 Å². The number of rotatable bonds is 16. The van der Waals surface area contributed by atoms with Crippen molar-refractivity contribution in [2.45, 2.75) is 106 Å². The summed E-state index contributed by atoms with van der Waals surface area (Å²) in [4.78, 5) is 12.8. The molecule has 0 aromatic carbocycles. The van der Waals surface area contributed by atoms with Crippen molar-refractivity contribution in [3.05, 3.63) is 0 Å². The second-order valence-electron chi connectivity index (χ2n) is 7.32. The lowest BCUT2D eigenvalue weighted by atomic mass is 10.0. The Kier molecular flexibility index (Phi) is 12.7. The van der Waals surface area contributed by atoms with Crippen LogP contribution in [-0.4, -0.2) is 34.9 Å². The number of methoxy groups -OCH3 is 1. The minimum atomic E-state index is -0.587. The van der Waals surface area contributed by atoms with Crippen LogP contribution >= 0.6 is 31.9 Å². The Bertz CT molecular complexity index is 359. The molecule has 1 aliphatic heterocycles. The first-order valence-corrected chi connectivity index (χ1v) is 11.9. The van der Waals surface area contributed by atoms with Gasteiger partial charge in [-0.1, -0.05) is 96.6 Å². The summed E-state index contributed by atoms with van der Waals surface area (Å²) in [5.41, 5.74) is -0.587. The van der Waals surface area contributed by atoms with Crippen molar-refractivity contribution in [2.24, 2.45) is 0 Å². The fourth-order valence-electron chi connectivity index (χ4n) is 3.22. The van der Waals surface area contributed by atoms with Gasteiger partial charge in [0.05, 0.1) is 13.7 Å². The van der Waals surface area contributed by atoms with E-state index in [2.05, 4.69) is 38.8 Å². The van der Waals surface area contributed by atoms with Gasteiger partial charge in [0.25, 0.3) is 0 Å². The SMILES string of the molecule is CCCCCCCC(Br)C(Br)CCCCCCCC1(C(=O)OC)CO1. The van der Waals surface area contributed by atoms with Gasteiger partial charge in [-0.25, -0.2) is 4.79 Å². The molecule has 1 heterocycles. The van der Waals surface area contributed by atoms with Crippen LogP contribution in [0.15, 0.2) is 0 Å². The summed E-state index contributed by atoms with van der Waals surface area (Å²) in [5.74, 6) is -0.201. The van der Waals surface area contributed by atoms with Crippen LogP contribution in [0.1, 0.15) is 90.4 Å². The topological polar surface area (TPSA) is 38.8 Å². The van der Waals surface area contributed by atoms with Crippen molar-refractivity contribution in [3.8, 4) is 0 Å². The molecule has 0 N–H and O–H groups in total. The van der Waals surface area contributed by atoms with Gasteiger partial charge in [-0.3, -0.25) is 0 Å². The molecule has 1 saturated heterocycles. The molecule has 0 saturated carbocycles. The fourth-order valence-corrected chi connectivity index (χ4v) is 4.40. The van der Waals surface area contributed by atoms with Gasteiger partial charge >= 0.3 is 5.97 Å². The summed E-state index contributed by atoms with van der Waals surface area (Å²) >= 11 is 7.70. The number of esters is 1. The number of alkyl halides is 2. The van der Waals surface area contributed by atoms with E-state index < -0.39 is 5.60 Å². The number of ether oxygens (including phenoxy) is 2. The summed E-state index contributed by atoms with van der Waals surface area (Å²) in [6.45, 7) is 2.80. The lowest BCUT2D eigenvalue weighted by Crippen LogP contribution is -2.25. The maximum Gasteiger partial charge on any atom is 0.340 e. The van der Waals surface area contributed by atoms with E-state index in [0.717, 1.165) is 12.8 Å². The molecule has 1 fully saturated rings. The average molecular weight is 484 g/mol. The van der Waals surface area contributed by atoms with Crippen molar-refractivity contribution in [1.82, 2.24) is 0 Å². The summed E-state index contributed by atoms with van der Waals surface area (Å²) in [6, 6.07) is 0. The molecule has 1 aliphatic rings. The molecule has 0 bridgehead atoms. The molecule has 1 rings (SSSR count). The highest BCUT2D eigenvalue weighted by atomic mass is 79.9. The van der Waals surface area contributed by atoms with Gasteiger partial charge < -0.3 is 9.47 Å². The van der Waals surface area contributed by atoms with Crippen LogP contribution in [0.25, 0.3) is 0 Å². The molecule has 0 amide bonds. The Labute approximate surface area is 171 Å². The van der Waals surface area contributed by atoms with E-state index >= 15 is 0 Å². The molecule has 0 aliphatic carbocycles. The number of hydrogen-bond acceptors (Lipinski definition) is 3. The molecule has 0 aromatic rings. The Morgan fingerprint density at radius 1 is 0.960 bits per heavy atom. The standard InChI is InChI=1S/C20H36Br2O3/c1-3-4-5-7-10-13-17(21)18(22)14-11-8-6-9-12-15-20(16-25-20)19(23)24-2/h17-18H,3-16H2,1-2H3. The number of unbranched alkanes of at least 4 members (excludes halogenated alkanes) is 8. The molecular formula is C20H36Br2O3. The van der Waals surface area contributed by atoms with Crippen LogP contribution in [0.4, 0.5) is 0 Å². The first-order valence-electron chi connectivity index (χ1n) is 10.1. The van der Waals surface area contributed by atoms with Gasteiger partial charge in [-0.2, -0.15) is 0 Å². The van der Waals surface area contributed by atoms with E-state index in [1.165, 1.54) is 77.7 Å².